The van der Waals surface area contributed by atoms with Crippen LogP contribution in [0.5, 0.6) is 0 Å². The Morgan fingerprint density at radius 3 is 2.80 bits per heavy atom. The lowest BCUT2D eigenvalue weighted by Crippen LogP contribution is -2.31. The standard InChI is InChI=1S/C19H21N5O/c1-22(2)15-8-10-23(12-15)17-7-6-14(11-20-17)19-16(13-25)21-18-5-3-4-9-24(18)19/h3-7,9,11,13,15H,8,10,12H2,1-2H3. The van der Waals surface area contributed by atoms with Crippen molar-refractivity contribution in [3.8, 4) is 11.3 Å². The highest BCUT2D eigenvalue weighted by Gasteiger charge is 2.25. The number of pyridine rings is 2. The average molecular weight is 335 g/mol. The molecule has 6 heteroatoms. The first-order valence-corrected chi connectivity index (χ1v) is 8.47. The summed E-state index contributed by atoms with van der Waals surface area (Å²) >= 11 is 0. The Hall–Kier alpha value is -2.73. The van der Waals surface area contributed by atoms with Crippen LogP contribution in [-0.2, 0) is 0 Å². The van der Waals surface area contributed by atoms with E-state index in [1.807, 2.05) is 47.1 Å². The Morgan fingerprint density at radius 2 is 2.12 bits per heavy atom. The zero-order valence-corrected chi connectivity index (χ0v) is 14.5. The number of aldehydes is 1. The number of carbonyl (C=O) groups excluding carboxylic acids is 1. The van der Waals surface area contributed by atoms with Gasteiger partial charge in [0, 0.05) is 37.1 Å². The van der Waals surface area contributed by atoms with Crippen molar-refractivity contribution in [2.24, 2.45) is 0 Å². The van der Waals surface area contributed by atoms with Crippen LogP contribution >= 0.6 is 0 Å². The van der Waals surface area contributed by atoms with Crippen molar-refractivity contribution in [2.45, 2.75) is 12.5 Å². The van der Waals surface area contributed by atoms with Gasteiger partial charge in [0.05, 0.1) is 5.69 Å². The molecule has 0 amide bonds. The average Bonchev–Trinajstić information content (AvgIpc) is 3.26. The molecular weight excluding hydrogens is 314 g/mol. The van der Waals surface area contributed by atoms with Gasteiger partial charge >= 0.3 is 0 Å². The summed E-state index contributed by atoms with van der Waals surface area (Å²) in [5, 5.41) is 0. The summed E-state index contributed by atoms with van der Waals surface area (Å²) in [6.07, 6.45) is 5.71. The summed E-state index contributed by atoms with van der Waals surface area (Å²) in [7, 11) is 4.24. The summed E-state index contributed by atoms with van der Waals surface area (Å²) in [6.45, 7) is 2.01. The quantitative estimate of drug-likeness (QED) is 0.685. The zero-order valence-electron chi connectivity index (χ0n) is 14.5. The Labute approximate surface area is 146 Å². The molecule has 1 aliphatic rings. The predicted molar refractivity (Wildman–Crippen MR) is 98.1 cm³/mol. The van der Waals surface area contributed by atoms with Gasteiger partial charge in [0.2, 0.25) is 0 Å². The highest BCUT2D eigenvalue weighted by molar-refractivity contribution is 5.86. The van der Waals surface area contributed by atoms with E-state index in [1.165, 1.54) is 0 Å². The third kappa shape index (κ3) is 2.78. The van der Waals surface area contributed by atoms with Crippen LogP contribution in [0.2, 0.25) is 0 Å². The molecule has 25 heavy (non-hydrogen) atoms. The number of aromatic nitrogens is 3. The van der Waals surface area contributed by atoms with Gasteiger partial charge in [0.15, 0.2) is 6.29 Å². The lowest BCUT2D eigenvalue weighted by atomic mass is 10.1. The van der Waals surface area contributed by atoms with Crippen molar-refractivity contribution in [2.75, 3.05) is 32.1 Å². The van der Waals surface area contributed by atoms with Crippen LogP contribution in [-0.4, -0.2) is 58.8 Å². The van der Waals surface area contributed by atoms with Crippen molar-refractivity contribution in [1.82, 2.24) is 19.3 Å². The van der Waals surface area contributed by atoms with Gasteiger partial charge in [0.25, 0.3) is 0 Å². The van der Waals surface area contributed by atoms with Gasteiger partial charge in [-0.25, -0.2) is 9.97 Å². The Kier molecular flexibility index (Phi) is 3.97. The third-order valence-electron chi connectivity index (χ3n) is 4.91. The molecule has 1 fully saturated rings. The van der Waals surface area contributed by atoms with Crippen molar-refractivity contribution >= 4 is 17.8 Å². The van der Waals surface area contributed by atoms with Crippen LogP contribution in [0.15, 0.2) is 42.7 Å². The molecule has 3 aromatic heterocycles. The number of likely N-dealkylation sites (N-methyl/N-ethyl adjacent to an activating group) is 1. The largest absolute Gasteiger partial charge is 0.355 e. The predicted octanol–water partition coefficient (Wildman–Crippen LogP) is 2.35. The molecule has 1 unspecified atom stereocenters. The fourth-order valence-electron chi connectivity index (χ4n) is 3.47. The normalized spacial score (nSPS) is 17.6. The van der Waals surface area contributed by atoms with E-state index < -0.39 is 0 Å². The monoisotopic (exact) mass is 335 g/mol. The van der Waals surface area contributed by atoms with Crippen LogP contribution < -0.4 is 4.90 Å². The minimum Gasteiger partial charge on any atom is -0.355 e. The van der Waals surface area contributed by atoms with E-state index in [1.54, 1.807) is 0 Å². The first-order valence-electron chi connectivity index (χ1n) is 8.47. The number of imidazole rings is 1. The number of carbonyl (C=O) groups is 1. The van der Waals surface area contributed by atoms with E-state index in [0.29, 0.717) is 11.7 Å². The van der Waals surface area contributed by atoms with Crippen molar-refractivity contribution in [3.05, 3.63) is 48.4 Å². The number of hydrogen-bond donors (Lipinski definition) is 0. The molecule has 1 aliphatic heterocycles. The molecule has 128 valence electrons. The molecule has 4 heterocycles. The summed E-state index contributed by atoms with van der Waals surface area (Å²) in [5.74, 6) is 0.981. The topological polar surface area (TPSA) is 53.7 Å². The maximum atomic E-state index is 11.4. The molecular formula is C19H21N5O. The Morgan fingerprint density at radius 1 is 1.24 bits per heavy atom. The summed E-state index contributed by atoms with van der Waals surface area (Å²) in [6, 6.07) is 10.4. The SMILES string of the molecule is CN(C)C1CCN(c2ccc(-c3c(C=O)nc4ccccn34)cn2)C1. The van der Waals surface area contributed by atoms with E-state index in [4.69, 9.17) is 0 Å². The Balaban J connectivity index is 1.66. The molecule has 3 aromatic rings. The van der Waals surface area contributed by atoms with Crippen LogP contribution in [0.25, 0.3) is 16.9 Å². The second kappa shape index (κ2) is 6.29. The molecule has 6 nitrogen and oxygen atoms in total. The molecule has 0 saturated carbocycles. The second-order valence-electron chi connectivity index (χ2n) is 6.65. The smallest absolute Gasteiger partial charge is 0.170 e. The number of rotatable bonds is 4. The molecule has 0 aromatic carbocycles. The van der Waals surface area contributed by atoms with Crippen molar-refractivity contribution in [1.29, 1.82) is 0 Å². The van der Waals surface area contributed by atoms with E-state index in [0.717, 1.165) is 48.5 Å². The van der Waals surface area contributed by atoms with Crippen LogP contribution in [0.3, 0.4) is 0 Å². The molecule has 0 aliphatic carbocycles. The molecule has 1 atom stereocenters. The van der Waals surface area contributed by atoms with Gasteiger partial charge in [-0.3, -0.25) is 9.20 Å². The number of hydrogen-bond acceptors (Lipinski definition) is 5. The highest BCUT2D eigenvalue weighted by atomic mass is 16.1. The van der Waals surface area contributed by atoms with E-state index in [9.17, 15) is 4.79 Å². The molecule has 1 saturated heterocycles. The minimum absolute atomic E-state index is 0.439. The first-order chi connectivity index (χ1) is 12.2. The maximum Gasteiger partial charge on any atom is 0.170 e. The molecule has 0 N–H and O–H groups in total. The second-order valence-corrected chi connectivity index (χ2v) is 6.65. The summed E-state index contributed by atoms with van der Waals surface area (Å²) in [5.41, 5.74) is 2.89. The lowest BCUT2D eigenvalue weighted by molar-refractivity contribution is 0.112. The van der Waals surface area contributed by atoms with Crippen molar-refractivity contribution in [3.63, 3.8) is 0 Å². The number of nitrogens with zero attached hydrogens (tertiary/aromatic N) is 5. The van der Waals surface area contributed by atoms with Crippen LogP contribution in [0.1, 0.15) is 16.9 Å². The van der Waals surface area contributed by atoms with Gasteiger partial charge < -0.3 is 9.80 Å². The van der Waals surface area contributed by atoms with Crippen LogP contribution in [0.4, 0.5) is 5.82 Å². The molecule has 0 bridgehead atoms. The fourth-order valence-corrected chi connectivity index (χ4v) is 3.47. The summed E-state index contributed by atoms with van der Waals surface area (Å²) < 4.78 is 1.93. The zero-order chi connectivity index (χ0) is 17.4. The number of anilines is 1. The lowest BCUT2D eigenvalue weighted by Gasteiger charge is -2.21. The number of fused-ring (bicyclic) bond motifs is 1. The third-order valence-corrected chi connectivity index (χ3v) is 4.91. The van der Waals surface area contributed by atoms with Gasteiger partial charge in [0.1, 0.15) is 17.2 Å². The van der Waals surface area contributed by atoms with Gasteiger partial charge in [-0.05, 0) is 44.8 Å². The van der Waals surface area contributed by atoms with Crippen LogP contribution in [0, 0.1) is 0 Å². The van der Waals surface area contributed by atoms with E-state index in [-0.39, 0.29) is 0 Å². The van der Waals surface area contributed by atoms with Gasteiger partial charge in [-0.1, -0.05) is 6.07 Å². The fraction of sp³-hybridized carbons (Fsp3) is 0.316. The molecule has 0 spiro atoms. The molecule has 4 rings (SSSR count). The van der Waals surface area contributed by atoms with E-state index in [2.05, 4.69) is 33.9 Å². The Bertz CT molecular complexity index is 900. The first kappa shape index (κ1) is 15.8. The minimum atomic E-state index is 0.439. The summed E-state index contributed by atoms with van der Waals surface area (Å²) in [4.78, 5) is 25.0. The maximum absolute atomic E-state index is 11.4. The molecule has 0 radical (unpaired) electrons. The van der Waals surface area contributed by atoms with Crippen molar-refractivity contribution < 1.29 is 4.79 Å². The van der Waals surface area contributed by atoms with Gasteiger partial charge in [-0.2, -0.15) is 0 Å². The highest BCUT2D eigenvalue weighted by Crippen LogP contribution is 2.26. The van der Waals surface area contributed by atoms with E-state index >= 15 is 0 Å². The van der Waals surface area contributed by atoms with Gasteiger partial charge in [-0.15, -0.1) is 0 Å².